The van der Waals surface area contributed by atoms with Crippen molar-refractivity contribution in [1.82, 2.24) is 0 Å². The number of esters is 1. The van der Waals surface area contributed by atoms with Gasteiger partial charge >= 0.3 is 5.97 Å². The molecule has 0 heterocycles. The summed E-state index contributed by atoms with van der Waals surface area (Å²) in [7, 11) is 3.28. The van der Waals surface area contributed by atoms with Gasteiger partial charge in [-0.1, -0.05) is 25.0 Å². The minimum Gasteiger partial charge on any atom is -0.465 e. The maximum atomic E-state index is 11.7. The molecule has 2 rings (SSSR count). The van der Waals surface area contributed by atoms with Crippen LogP contribution in [0.15, 0.2) is 24.3 Å². The number of likely N-dealkylation sites (N-methyl/N-ethyl adjacent to an activating group) is 1. The van der Waals surface area contributed by atoms with Crippen LogP contribution in [-0.4, -0.2) is 37.4 Å². The van der Waals surface area contributed by atoms with E-state index in [1.807, 2.05) is 30.1 Å². The number of anilines is 1. The van der Waals surface area contributed by atoms with E-state index in [4.69, 9.17) is 4.74 Å². The number of methoxy groups -OCH3 is 1. The van der Waals surface area contributed by atoms with Crippen LogP contribution < -0.4 is 4.90 Å². The Hall–Kier alpha value is -1.55. The first-order valence-corrected chi connectivity index (χ1v) is 6.67. The third kappa shape index (κ3) is 3.07. The van der Waals surface area contributed by atoms with Crippen LogP contribution in [0, 0.1) is 0 Å². The predicted molar refractivity (Wildman–Crippen MR) is 74.5 cm³/mol. The zero-order valence-electron chi connectivity index (χ0n) is 11.6. The van der Waals surface area contributed by atoms with Crippen molar-refractivity contribution in [2.75, 3.05) is 25.6 Å². The van der Waals surface area contributed by atoms with Crippen LogP contribution >= 0.6 is 0 Å². The Morgan fingerprint density at radius 2 is 2.00 bits per heavy atom. The van der Waals surface area contributed by atoms with E-state index < -0.39 is 5.60 Å². The number of benzene rings is 1. The summed E-state index contributed by atoms with van der Waals surface area (Å²) in [5.74, 6) is -0.346. The van der Waals surface area contributed by atoms with Gasteiger partial charge in [-0.05, 0) is 25.0 Å². The molecule has 1 aliphatic carbocycles. The van der Waals surface area contributed by atoms with Crippen molar-refractivity contribution in [3.63, 3.8) is 0 Å². The van der Waals surface area contributed by atoms with Crippen molar-refractivity contribution >= 4 is 11.7 Å². The molecule has 0 saturated heterocycles. The largest absolute Gasteiger partial charge is 0.465 e. The predicted octanol–water partition coefficient (Wildman–Crippen LogP) is 2.21. The topological polar surface area (TPSA) is 49.8 Å². The van der Waals surface area contributed by atoms with E-state index >= 15 is 0 Å². The number of carbonyl (C=O) groups excluding carboxylic acids is 1. The van der Waals surface area contributed by atoms with Crippen LogP contribution in [0.25, 0.3) is 0 Å². The summed E-state index contributed by atoms with van der Waals surface area (Å²) in [4.78, 5) is 13.7. The fourth-order valence-corrected chi connectivity index (χ4v) is 2.81. The van der Waals surface area contributed by atoms with Gasteiger partial charge in [-0.25, -0.2) is 4.79 Å². The van der Waals surface area contributed by atoms with E-state index in [-0.39, 0.29) is 5.97 Å². The van der Waals surface area contributed by atoms with Crippen molar-refractivity contribution in [3.8, 4) is 0 Å². The fourth-order valence-electron chi connectivity index (χ4n) is 2.81. The van der Waals surface area contributed by atoms with Crippen LogP contribution in [0.5, 0.6) is 0 Å². The lowest BCUT2D eigenvalue weighted by atomic mass is 10.0. The molecule has 1 saturated carbocycles. The summed E-state index contributed by atoms with van der Waals surface area (Å²) in [5, 5.41) is 10.5. The first kappa shape index (κ1) is 13.9. The van der Waals surface area contributed by atoms with Crippen molar-refractivity contribution in [1.29, 1.82) is 0 Å². The molecule has 0 aliphatic heterocycles. The van der Waals surface area contributed by atoms with Crippen LogP contribution in [0.4, 0.5) is 5.69 Å². The Bertz CT molecular complexity index is 452. The summed E-state index contributed by atoms with van der Waals surface area (Å²) >= 11 is 0. The average Bonchev–Trinajstić information content (AvgIpc) is 2.84. The van der Waals surface area contributed by atoms with Crippen LogP contribution in [0.1, 0.15) is 36.0 Å². The van der Waals surface area contributed by atoms with Gasteiger partial charge in [0, 0.05) is 13.6 Å². The molecule has 0 atom stereocenters. The fraction of sp³-hybridized carbons (Fsp3) is 0.533. The molecule has 1 fully saturated rings. The van der Waals surface area contributed by atoms with Gasteiger partial charge in [0.05, 0.1) is 24.0 Å². The van der Waals surface area contributed by atoms with Crippen LogP contribution in [-0.2, 0) is 4.74 Å². The molecule has 0 amide bonds. The summed E-state index contributed by atoms with van der Waals surface area (Å²) in [6, 6.07) is 7.33. The van der Waals surface area contributed by atoms with Gasteiger partial charge in [0.1, 0.15) is 0 Å². The standard InChI is InChI=1S/C15H21NO3/c1-16(11-15(18)9-5-6-10-15)13-8-4-3-7-12(13)14(17)19-2/h3-4,7-8,18H,5-6,9-11H2,1-2H3. The van der Waals surface area contributed by atoms with E-state index in [1.165, 1.54) is 7.11 Å². The molecule has 4 nitrogen and oxygen atoms in total. The second-order valence-electron chi connectivity index (χ2n) is 5.30. The highest BCUT2D eigenvalue weighted by atomic mass is 16.5. The van der Waals surface area contributed by atoms with E-state index in [2.05, 4.69) is 0 Å². The summed E-state index contributed by atoms with van der Waals surface area (Å²) in [6.07, 6.45) is 3.81. The normalized spacial score (nSPS) is 17.2. The van der Waals surface area contributed by atoms with Crippen molar-refractivity contribution < 1.29 is 14.6 Å². The molecule has 0 radical (unpaired) electrons. The monoisotopic (exact) mass is 263 g/mol. The molecule has 0 aromatic heterocycles. The quantitative estimate of drug-likeness (QED) is 0.846. The summed E-state index contributed by atoms with van der Waals surface area (Å²) < 4.78 is 4.79. The summed E-state index contributed by atoms with van der Waals surface area (Å²) in [6.45, 7) is 0.543. The van der Waals surface area contributed by atoms with Gasteiger partial charge in [-0.15, -0.1) is 0 Å². The average molecular weight is 263 g/mol. The van der Waals surface area contributed by atoms with Gasteiger partial charge in [0.15, 0.2) is 0 Å². The van der Waals surface area contributed by atoms with Crippen molar-refractivity contribution in [3.05, 3.63) is 29.8 Å². The SMILES string of the molecule is COC(=O)c1ccccc1N(C)CC1(O)CCCC1. The van der Waals surface area contributed by atoms with Gasteiger partial charge in [-0.3, -0.25) is 0 Å². The lowest BCUT2D eigenvalue weighted by Crippen LogP contribution is -2.39. The highest BCUT2D eigenvalue weighted by Gasteiger charge is 2.33. The highest BCUT2D eigenvalue weighted by molar-refractivity contribution is 5.95. The molecule has 0 unspecified atom stereocenters. The van der Waals surface area contributed by atoms with Crippen molar-refractivity contribution in [2.24, 2.45) is 0 Å². The van der Waals surface area contributed by atoms with E-state index in [9.17, 15) is 9.90 Å². The number of hydrogen-bond donors (Lipinski definition) is 1. The van der Waals surface area contributed by atoms with Gasteiger partial charge in [0.2, 0.25) is 0 Å². The van der Waals surface area contributed by atoms with E-state index in [0.29, 0.717) is 12.1 Å². The third-order valence-electron chi connectivity index (χ3n) is 3.79. The lowest BCUT2D eigenvalue weighted by Gasteiger charge is -2.30. The van der Waals surface area contributed by atoms with E-state index in [1.54, 1.807) is 6.07 Å². The summed E-state index contributed by atoms with van der Waals surface area (Å²) in [5.41, 5.74) is 0.710. The number of para-hydroxylation sites is 1. The molecule has 0 bridgehead atoms. The second kappa shape index (κ2) is 5.61. The number of ether oxygens (including phenoxy) is 1. The smallest absolute Gasteiger partial charge is 0.339 e. The second-order valence-corrected chi connectivity index (χ2v) is 5.30. The Balaban J connectivity index is 2.19. The molecule has 1 N–H and O–H groups in total. The lowest BCUT2D eigenvalue weighted by molar-refractivity contribution is 0.0549. The molecular weight excluding hydrogens is 242 g/mol. The van der Waals surface area contributed by atoms with Crippen molar-refractivity contribution in [2.45, 2.75) is 31.3 Å². The molecule has 19 heavy (non-hydrogen) atoms. The highest BCUT2D eigenvalue weighted by Crippen LogP contribution is 2.32. The van der Waals surface area contributed by atoms with E-state index in [0.717, 1.165) is 31.4 Å². The first-order chi connectivity index (χ1) is 9.06. The molecule has 4 heteroatoms. The van der Waals surface area contributed by atoms with Gasteiger partial charge in [0.25, 0.3) is 0 Å². The number of carbonyl (C=O) groups is 1. The zero-order chi connectivity index (χ0) is 13.9. The maximum Gasteiger partial charge on any atom is 0.339 e. The Kier molecular flexibility index (Phi) is 4.10. The molecule has 104 valence electrons. The Morgan fingerprint density at radius 3 is 2.63 bits per heavy atom. The zero-order valence-corrected chi connectivity index (χ0v) is 11.6. The van der Waals surface area contributed by atoms with Crippen LogP contribution in [0.3, 0.4) is 0 Å². The third-order valence-corrected chi connectivity index (χ3v) is 3.79. The number of nitrogens with zero attached hydrogens (tertiary/aromatic N) is 1. The molecule has 1 aliphatic rings. The molecular formula is C15H21NO3. The maximum absolute atomic E-state index is 11.7. The number of aliphatic hydroxyl groups is 1. The number of hydrogen-bond acceptors (Lipinski definition) is 4. The van der Waals surface area contributed by atoms with Gasteiger partial charge in [-0.2, -0.15) is 0 Å². The molecule has 0 spiro atoms. The molecule has 1 aromatic rings. The Labute approximate surface area is 114 Å². The minimum absolute atomic E-state index is 0.346. The van der Waals surface area contributed by atoms with Gasteiger partial charge < -0.3 is 14.7 Å². The first-order valence-electron chi connectivity index (χ1n) is 6.67. The van der Waals surface area contributed by atoms with Crippen LogP contribution in [0.2, 0.25) is 0 Å². The minimum atomic E-state index is -0.627. The Morgan fingerprint density at radius 1 is 1.37 bits per heavy atom. The number of rotatable bonds is 4. The molecule has 1 aromatic carbocycles.